The summed E-state index contributed by atoms with van der Waals surface area (Å²) >= 11 is 1.53. The molecule has 5 nitrogen and oxygen atoms in total. The van der Waals surface area contributed by atoms with Gasteiger partial charge >= 0.3 is 0 Å². The molecule has 0 atom stereocenters. The fraction of sp³-hybridized carbons (Fsp3) is 0.176. The number of nitrogens with zero attached hydrogens (tertiary/aromatic N) is 3. The number of aromatic nitrogens is 2. The van der Waals surface area contributed by atoms with Gasteiger partial charge in [-0.2, -0.15) is 0 Å². The highest BCUT2D eigenvalue weighted by Gasteiger charge is 2.09. The molecule has 0 saturated carbocycles. The van der Waals surface area contributed by atoms with E-state index in [1.807, 2.05) is 77.7 Å². The third-order valence-electron chi connectivity index (χ3n) is 3.37. The standard InChI is InChI=1S/C17H18N4OS/c1-20(2)15-7-5-13(6-8-15)18-16(22)11-14-12-23-17(19-14)21-9-3-4-10-21/h3-10,12H,11H2,1-2H3,(H,18,22). The first-order chi connectivity index (χ1) is 11.1. The Hall–Kier alpha value is -2.60. The number of nitrogens with one attached hydrogen (secondary N) is 1. The van der Waals surface area contributed by atoms with E-state index in [1.54, 1.807) is 0 Å². The van der Waals surface area contributed by atoms with Crippen LogP contribution in [0.1, 0.15) is 5.69 Å². The number of carbonyl (C=O) groups excluding carboxylic acids is 1. The van der Waals surface area contributed by atoms with Gasteiger partial charge in [-0.05, 0) is 36.4 Å². The molecule has 0 fully saturated rings. The summed E-state index contributed by atoms with van der Waals surface area (Å²) in [6.45, 7) is 0. The first-order valence-electron chi connectivity index (χ1n) is 7.27. The normalized spacial score (nSPS) is 10.5. The Labute approximate surface area is 139 Å². The van der Waals surface area contributed by atoms with E-state index in [0.717, 1.165) is 22.2 Å². The van der Waals surface area contributed by atoms with Gasteiger partial charge in [0.15, 0.2) is 5.13 Å². The molecular formula is C17H18N4OS. The Kier molecular flexibility index (Phi) is 4.43. The van der Waals surface area contributed by atoms with Crippen LogP contribution in [0.25, 0.3) is 5.13 Å². The number of thiazole rings is 1. The molecule has 2 aromatic heterocycles. The first-order valence-corrected chi connectivity index (χ1v) is 8.15. The van der Waals surface area contributed by atoms with Gasteiger partial charge in [0.05, 0.1) is 12.1 Å². The lowest BCUT2D eigenvalue weighted by molar-refractivity contribution is -0.115. The fourth-order valence-corrected chi connectivity index (χ4v) is 2.96. The molecule has 0 aliphatic heterocycles. The zero-order valence-electron chi connectivity index (χ0n) is 13.1. The van der Waals surface area contributed by atoms with Crippen LogP contribution in [0.3, 0.4) is 0 Å². The van der Waals surface area contributed by atoms with Crippen molar-refractivity contribution < 1.29 is 4.79 Å². The van der Waals surface area contributed by atoms with Crippen molar-refractivity contribution in [2.75, 3.05) is 24.3 Å². The van der Waals surface area contributed by atoms with Gasteiger partial charge in [0.2, 0.25) is 5.91 Å². The quantitative estimate of drug-likeness (QED) is 0.783. The number of amides is 1. The molecule has 1 amide bonds. The molecule has 0 radical (unpaired) electrons. The molecule has 0 spiro atoms. The van der Waals surface area contributed by atoms with Crippen molar-refractivity contribution in [1.82, 2.24) is 9.55 Å². The van der Waals surface area contributed by atoms with E-state index in [0.29, 0.717) is 0 Å². The number of rotatable bonds is 5. The van der Waals surface area contributed by atoms with Crippen LogP contribution in [0.5, 0.6) is 0 Å². The largest absolute Gasteiger partial charge is 0.378 e. The molecule has 0 aliphatic carbocycles. The molecule has 1 aromatic carbocycles. The third kappa shape index (κ3) is 3.78. The second-order valence-corrected chi connectivity index (χ2v) is 6.21. The number of benzene rings is 1. The third-order valence-corrected chi connectivity index (χ3v) is 4.28. The number of carbonyl (C=O) groups is 1. The van der Waals surface area contributed by atoms with Gasteiger partial charge in [-0.1, -0.05) is 0 Å². The van der Waals surface area contributed by atoms with Crippen molar-refractivity contribution >= 4 is 28.6 Å². The molecule has 0 saturated heterocycles. The molecule has 23 heavy (non-hydrogen) atoms. The van der Waals surface area contributed by atoms with E-state index in [-0.39, 0.29) is 12.3 Å². The minimum Gasteiger partial charge on any atom is -0.378 e. The van der Waals surface area contributed by atoms with Crippen molar-refractivity contribution in [3.05, 3.63) is 59.9 Å². The molecule has 2 heterocycles. The lowest BCUT2D eigenvalue weighted by Crippen LogP contribution is -2.15. The van der Waals surface area contributed by atoms with Crippen molar-refractivity contribution in [2.45, 2.75) is 6.42 Å². The number of hydrogen-bond acceptors (Lipinski definition) is 4. The maximum atomic E-state index is 12.1. The predicted octanol–water partition coefficient (Wildman–Crippen LogP) is 3.18. The van der Waals surface area contributed by atoms with Crippen LogP contribution >= 0.6 is 11.3 Å². The minimum atomic E-state index is -0.0630. The van der Waals surface area contributed by atoms with Crippen LogP contribution in [0.15, 0.2) is 54.2 Å². The monoisotopic (exact) mass is 326 g/mol. The summed E-state index contributed by atoms with van der Waals surface area (Å²) in [4.78, 5) is 18.6. The Morgan fingerprint density at radius 2 is 1.91 bits per heavy atom. The minimum absolute atomic E-state index is 0.0630. The Bertz CT molecular complexity index is 775. The van der Waals surface area contributed by atoms with Gasteiger partial charge in [0.1, 0.15) is 0 Å². The Balaban J connectivity index is 1.61. The highest BCUT2D eigenvalue weighted by atomic mass is 32.1. The topological polar surface area (TPSA) is 50.2 Å². The average molecular weight is 326 g/mol. The summed E-state index contributed by atoms with van der Waals surface area (Å²) in [7, 11) is 3.97. The lowest BCUT2D eigenvalue weighted by atomic mass is 10.2. The second kappa shape index (κ2) is 6.66. The predicted molar refractivity (Wildman–Crippen MR) is 94.5 cm³/mol. The van der Waals surface area contributed by atoms with Crippen molar-refractivity contribution in [1.29, 1.82) is 0 Å². The second-order valence-electron chi connectivity index (χ2n) is 5.38. The smallest absolute Gasteiger partial charge is 0.230 e. The summed E-state index contributed by atoms with van der Waals surface area (Å²) in [6, 6.07) is 11.7. The van der Waals surface area contributed by atoms with Crippen LogP contribution < -0.4 is 10.2 Å². The molecule has 3 aromatic rings. The summed E-state index contributed by atoms with van der Waals surface area (Å²) in [5.74, 6) is -0.0630. The van der Waals surface area contributed by atoms with Crippen LogP contribution in [-0.2, 0) is 11.2 Å². The first kappa shape index (κ1) is 15.3. The molecular weight excluding hydrogens is 308 g/mol. The van der Waals surface area contributed by atoms with Crippen molar-refractivity contribution in [2.24, 2.45) is 0 Å². The zero-order valence-corrected chi connectivity index (χ0v) is 13.9. The molecule has 1 N–H and O–H groups in total. The highest BCUT2D eigenvalue weighted by molar-refractivity contribution is 7.12. The summed E-state index contributed by atoms with van der Waals surface area (Å²) in [5, 5.41) is 5.69. The molecule has 6 heteroatoms. The van der Waals surface area contributed by atoms with E-state index in [2.05, 4.69) is 10.3 Å². The van der Waals surface area contributed by atoms with E-state index < -0.39 is 0 Å². The van der Waals surface area contributed by atoms with Crippen LogP contribution in [0.2, 0.25) is 0 Å². The molecule has 0 bridgehead atoms. The number of hydrogen-bond donors (Lipinski definition) is 1. The maximum Gasteiger partial charge on any atom is 0.230 e. The van der Waals surface area contributed by atoms with Crippen LogP contribution in [-0.4, -0.2) is 29.6 Å². The molecule has 3 rings (SSSR count). The van der Waals surface area contributed by atoms with Gasteiger partial charge in [-0.15, -0.1) is 11.3 Å². The van der Waals surface area contributed by atoms with Gasteiger partial charge < -0.3 is 14.8 Å². The van der Waals surface area contributed by atoms with Crippen LogP contribution in [0.4, 0.5) is 11.4 Å². The summed E-state index contributed by atoms with van der Waals surface area (Å²) in [5.41, 5.74) is 2.67. The van der Waals surface area contributed by atoms with Crippen LogP contribution in [0, 0.1) is 0 Å². The zero-order chi connectivity index (χ0) is 16.2. The SMILES string of the molecule is CN(C)c1ccc(NC(=O)Cc2csc(-n3cccc3)n2)cc1. The van der Waals surface area contributed by atoms with E-state index in [9.17, 15) is 4.79 Å². The van der Waals surface area contributed by atoms with Gasteiger partial charge in [-0.25, -0.2) is 4.98 Å². The molecule has 118 valence electrons. The number of anilines is 2. The van der Waals surface area contributed by atoms with Gasteiger partial charge in [0.25, 0.3) is 0 Å². The lowest BCUT2D eigenvalue weighted by Gasteiger charge is -2.12. The highest BCUT2D eigenvalue weighted by Crippen LogP contribution is 2.17. The summed E-state index contributed by atoms with van der Waals surface area (Å²) < 4.78 is 1.94. The molecule has 0 unspecified atom stereocenters. The Morgan fingerprint density at radius 1 is 1.22 bits per heavy atom. The molecule has 0 aliphatic rings. The van der Waals surface area contributed by atoms with Gasteiger partial charge in [0, 0.05) is 43.2 Å². The van der Waals surface area contributed by atoms with Crippen molar-refractivity contribution in [3.8, 4) is 5.13 Å². The Morgan fingerprint density at radius 3 is 2.57 bits per heavy atom. The maximum absolute atomic E-state index is 12.1. The van der Waals surface area contributed by atoms with E-state index >= 15 is 0 Å². The van der Waals surface area contributed by atoms with E-state index in [4.69, 9.17) is 0 Å². The summed E-state index contributed by atoms with van der Waals surface area (Å²) in [6.07, 6.45) is 4.15. The fourth-order valence-electron chi connectivity index (χ4n) is 2.17. The van der Waals surface area contributed by atoms with E-state index in [1.165, 1.54) is 11.3 Å². The van der Waals surface area contributed by atoms with Gasteiger partial charge in [-0.3, -0.25) is 4.79 Å². The average Bonchev–Trinajstić information content (AvgIpc) is 3.18. The van der Waals surface area contributed by atoms with Crippen molar-refractivity contribution in [3.63, 3.8) is 0 Å².